The molecule has 3 N–H and O–H groups in total. The van der Waals surface area contributed by atoms with Crippen molar-refractivity contribution < 1.29 is 4.79 Å². The minimum Gasteiger partial charge on any atom is -0.357 e. The Bertz CT molecular complexity index is 507. The lowest BCUT2D eigenvalue weighted by atomic mass is 10.0. The molecule has 1 atom stereocenters. The zero-order chi connectivity index (χ0) is 17.8. The lowest BCUT2D eigenvalue weighted by molar-refractivity contribution is 0.0954. The van der Waals surface area contributed by atoms with E-state index in [-0.39, 0.29) is 29.9 Å². The first-order valence-corrected chi connectivity index (χ1v) is 8.76. The van der Waals surface area contributed by atoms with Gasteiger partial charge in [-0.25, -0.2) is 0 Å². The summed E-state index contributed by atoms with van der Waals surface area (Å²) < 4.78 is 0. The first-order chi connectivity index (χ1) is 11.5. The number of nitrogens with zero attached hydrogens (tertiary/aromatic N) is 2. The van der Waals surface area contributed by atoms with Gasteiger partial charge in [0.2, 0.25) is 0 Å². The fourth-order valence-corrected chi connectivity index (χ4v) is 2.15. The Morgan fingerprint density at radius 2 is 2.00 bits per heavy atom. The highest BCUT2D eigenvalue weighted by atomic mass is 127. The van der Waals surface area contributed by atoms with Crippen molar-refractivity contribution in [2.24, 2.45) is 10.9 Å². The van der Waals surface area contributed by atoms with Crippen LogP contribution >= 0.6 is 24.0 Å². The molecular formula is C18H32IN5O. The van der Waals surface area contributed by atoms with Crippen molar-refractivity contribution in [3.05, 3.63) is 30.1 Å². The predicted octanol–water partition coefficient (Wildman–Crippen LogP) is 2.81. The molecule has 7 heteroatoms. The molecular weight excluding hydrogens is 429 g/mol. The molecule has 1 unspecified atom stereocenters. The van der Waals surface area contributed by atoms with Crippen LogP contribution in [0.4, 0.5) is 0 Å². The van der Waals surface area contributed by atoms with E-state index in [9.17, 15) is 4.79 Å². The van der Waals surface area contributed by atoms with Crippen LogP contribution in [0.2, 0.25) is 0 Å². The Hall–Kier alpha value is -1.38. The number of carbonyl (C=O) groups excluding carboxylic acids is 1. The van der Waals surface area contributed by atoms with E-state index in [4.69, 9.17) is 0 Å². The van der Waals surface area contributed by atoms with Crippen LogP contribution in [-0.2, 0) is 0 Å². The number of rotatable bonds is 9. The second-order valence-corrected chi connectivity index (χ2v) is 6.27. The summed E-state index contributed by atoms with van der Waals surface area (Å²) in [5.41, 5.74) is 0.564. The van der Waals surface area contributed by atoms with Crippen LogP contribution in [0, 0.1) is 5.92 Å². The van der Waals surface area contributed by atoms with Crippen molar-refractivity contribution in [3.63, 3.8) is 0 Å². The number of nitrogens with one attached hydrogen (secondary N) is 3. The van der Waals surface area contributed by atoms with Crippen LogP contribution in [0.15, 0.2) is 29.5 Å². The van der Waals surface area contributed by atoms with Crippen LogP contribution in [0.3, 0.4) is 0 Å². The molecule has 1 heterocycles. The molecule has 0 aliphatic heterocycles. The van der Waals surface area contributed by atoms with Gasteiger partial charge in [-0.2, -0.15) is 0 Å². The summed E-state index contributed by atoms with van der Waals surface area (Å²) in [7, 11) is 0. The molecule has 0 spiro atoms. The number of aromatic nitrogens is 1. The van der Waals surface area contributed by atoms with Gasteiger partial charge in [0.15, 0.2) is 5.96 Å². The Morgan fingerprint density at radius 1 is 1.24 bits per heavy atom. The Labute approximate surface area is 168 Å². The first kappa shape index (κ1) is 23.6. The second kappa shape index (κ2) is 13.9. The van der Waals surface area contributed by atoms with Crippen molar-refractivity contribution in [1.82, 2.24) is 20.9 Å². The van der Waals surface area contributed by atoms with Gasteiger partial charge >= 0.3 is 0 Å². The van der Waals surface area contributed by atoms with Gasteiger partial charge in [-0.05, 0) is 44.7 Å². The predicted molar refractivity (Wildman–Crippen MR) is 115 cm³/mol. The molecule has 6 nitrogen and oxygen atoms in total. The highest BCUT2D eigenvalue weighted by Crippen LogP contribution is 2.06. The average Bonchev–Trinajstić information content (AvgIpc) is 2.57. The normalized spacial score (nSPS) is 12.3. The number of hydrogen-bond donors (Lipinski definition) is 3. The Morgan fingerprint density at radius 3 is 2.60 bits per heavy atom. The molecule has 1 rings (SSSR count). The van der Waals surface area contributed by atoms with Crippen molar-refractivity contribution in [3.8, 4) is 0 Å². The van der Waals surface area contributed by atoms with Crippen molar-refractivity contribution in [2.75, 3.05) is 19.6 Å². The number of guanidine groups is 1. The molecule has 0 saturated carbocycles. The SMILES string of the molecule is CCNC(=NCCNC(=O)c1cccnc1)NC(C)CCC(C)C.I. The second-order valence-electron chi connectivity index (χ2n) is 6.27. The first-order valence-electron chi connectivity index (χ1n) is 8.76. The van der Waals surface area contributed by atoms with E-state index in [1.54, 1.807) is 24.5 Å². The summed E-state index contributed by atoms with van der Waals surface area (Å²) >= 11 is 0. The summed E-state index contributed by atoms with van der Waals surface area (Å²) in [4.78, 5) is 20.4. The topological polar surface area (TPSA) is 78.4 Å². The van der Waals surface area contributed by atoms with Crippen LogP contribution in [-0.4, -0.2) is 42.5 Å². The molecule has 0 radical (unpaired) electrons. The summed E-state index contributed by atoms with van der Waals surface area (Å²) in [5, 5.41) is 9.49. The minimum atomic E-state index is -0.124. The van der Waals surface area contributed by atoms with Gasteiger partial charge in [0, 0.05) is 31.5 Å². The van der Waals surface area contributed by atoms with Crippen molar-refractivity contribution in [2.45, 2.75) is 46.6 Å². The van der Waals surface area contributed by atoms with E-state index in [1.807, 2.05) is 6.92 Å². The van der Waals surface area contributed by atoms with Crippen LogP contribution in [0.25, 0.3) is 0 Å². The number of amides is 1. The largest absolute Gasteiger partial charge is 0.357 e. The van der Waals surface area contributed by atoms with E-state index in [0.29, 0.717) is 30.6 Å². The van der Waals surface area contributed by atoms with Gasteiger partial charge in [-0.3, -0.25) is 14.8 Å². The Balaban J connectivity index is 0.00000576. The van der Waals surface area contributed by atoms with E-state index >= 15 is 0 Å². The fourth-order valence-electron chi connectivity index (χ4n) is 2.15. The molecule has 0 aliphatic carbocycles. The number of pyridine rings is 1. The van der Waals surface area contributed by atoms with E-state index in [0.717, 1.165) is 18.9 Å². The quantitative estimate of drug-likeness (QED) is 0.229. The van der Waals surface area contributed by atoms with Gasteiger partial charge in [0.25, 0.3) is 5.91 Å². The molecule has 1 amide bonds. The third-order valence-electron chi connectivity index (χ3n) is 3.50. The third kappa shape index (κ3) is 11.0. The smallest absolute Gasteiger partial charge is 0.252 e. The van der Waals surface area contributed by atoms with Gasteiger partial charge in [0.1, 0.15) is 0 Å². The van der Waals surface area contributed by atoms with Gasteiger partial charge in [0.05, 0.1) is 12.1 Å². The van der Waals surface area contributed by atoms with Crippen molar-refractivity contribution in [1.29, 1.82) is 0 Å². The third-order valence-corrected chi connectivity index (χ3v) is 3.50. The van der Waals surface area contributed by atoms with Gasteiger partial charge in [-0.15, -0.1) is 24.0 Å². The molecule has 0 aromatic carbocycles. The zero-order valence-corrected chi connectivity index (χ0v) is 18.0. The zero-order valence-electron chi connectivity index (χ0n) is 15.7. The van der Waals surface area contributed by atoms with Crippen molar-refractivity contribution >= 4 is 35.8 Å². The maximum atomic E-state index is 11.9. The van der Waals surface area contributed by atoms with Crippen LogP contribution in [0.1, 0.15) is 50.9 Å². The summed E-state index contributed by atoms with van der Waals surface area (Å²) in [5.74, 6) is 1.38. The fraction of sp³-hybridized carbons (Fsp3) is 0.611. The molecule has 0 fully saturated rings. The Kier molecular flexibility index (Phi) is 13.1. The van der Waals surface area contributed by atoms with E-state index < -0.39 is 0 Å². The standard InChI is InChI=1S/C18H31N5O.HI/c1-5-20-18(23-15(4)9-8-14(2)3)22-12-11-21-17(24)16-7-6-10-19-13-16;/h6-7,10,13-15H,5,8-9,11-12H2,1-4H3,(H,21,24)(H2,20,22,23);1H. The van der Waals surface area contributed by atoms with Gasteiger partial charge < -0.3 is 16.0 Å². The molecule has 0 saturated heterocycles. The van der Waals surface area contributed by atoms with Crippen LogP contribution in [0.5, 0.6) is 0 Å². The maximum absolute atomic E-state index is 11.9. The number of carbonyl (C=O) groups is 1. The molecule has 25 heavy (non-hydrogen) atoms. The monoisotopic (exact) mass is 461 g/mol. The van der Waals surface area contributed by atoms with E-state index in [2.05, 4.69) is 46.7 Å². The molecule has 1 aromatic heterocycles. The highest BCUT2D eigenvalue weighted by Gasteiger charge is 2.07. The van der Waals surface area contributed by atoms with Gasteiger partial charge in [-0.1, -0.05) is 13.8 Å². The summed E-state index contributed by atoms with van der Waals surface area (Å²) in [6.07, 6.45) is 5.51. The molecule has 1 aromatic rings. The molecule has 0 aliphatic rings. The molecule has 0 bridgehead atoms. The summed E-state index contributed by atoms with van der Waals surface area (Å²) in [6.45, 7) is 10.5. The maximum Gasteiger partial charge on any atom is 0.252 e. The van der Waals surface area contributed by atoms with Crippen LogP contribution < -0.4 is 16.0 Å². The number of aliphatic imine (C=N–C) groups is 1. The van der Waals surface area contributed by atoms with E-state index in [1.165, 1.54) is 6.42 Å². The number of hydrogen-bond acceptors (Lipinski definition) is 3. The minimum absolute atomic E-state index is 0. The lowest BCUT2D eigenvalue weighted by Gasteiger charge is -2.18. The summed E-state index contributed by atoms with van der Waals surface area (Å²) in [6, 6.07) is 3.86. The average molecular weight is 461 g/mol. The molecule has 142 valence electrons. The highest BCUT2D eigenvalue weighted by molar-refractivity contribution is 14.0. The number of halogens is 1. The lowest BCUT2D eigenvalue weighted by Crippen LogP contribution is -2.42.